The Labute approximate surface area is 190 Å². The number of benzene rings is 1. The predicted molar refractivity (Wildman–Crippen MR) is 125 cm³/mol. The molecule has 2 N–H and O–H groups in total. The maximum atomic E-state index is 13.6. The third-order valence-corrected chi connectivity index (χ3v) is 5.68. The van der Waals surface area contributed by atoms with E-state index in [0.717, 1.165) is 26.1 Å². The molecule has 0 spiro atoms. The molecule has 0 aliphatic carbocycles. The summed E-state index contributed by atoms with van der Waals surface area (Å²) < 4.78 is 42.1. The molecule has 0 bridgehead atoms. The highest BCUT2D eigenvalue weighted by atomic mass is 127. The first kappa shape index (κ1) is 26.1. The normalized spacial score (nSPS) is 17.8. The van der Waals surface area contributed by atoms with Gasteiger partial charge in [-0.3, -0.25) is 9.89 Å². The first-order valence-corrected chi connectivity index (χ1v) is 11.5. The smallest absolute Gasteiger partial charge is 0.191 e. The van der Waals surface area contributed by atoms with Crippen molar-refractivity contribution in [3.05, 3.63) is 35.1 Å². The van der Waals surface area contributed by atoms with E-state index in [1.807, 2.05) is 0 Å². The van der Waals surface area contributed by atoms with E-state index >= 15 is 0 Å². The van der Waals surface area contributed by atoms with E-state index in [9.17, 15) is 12.8 Å². The molecule has 1 saturated heterocycles. The number of ether oxygens (including phenoxy) is 1. The van der Waals surface area contributed by atoms with Crippen LogP contribution in [0, 0.1) is 5.82 Å². The van der Waals surface area contributed by atoms with Gasteiger partial charge >= 0.3 is 0 Å². The fraction of sp³-hybridized carbons (Fsp3) is 0.632. The van der Waals surface area contributed by atoms with Gasteiger partial charge in [-0.15, -0.1) is 24.0 Å². The zero-order valence-corrected chi connectivity index (χ0v) is 20.4. The molecule has 1 aliphatic rings. The molecule has 0 radical (unpaired) electrons. The Hall–Kier alpha value is -0.980. The molecule has 1 heterocycles. The standard InChI is InChI=1S/C19H31FN4O3S.HI/c1-21-19(23-13-18-5-4-8-24(18)9-10-27-2)22-12-16-11-17(20)7-6-15(16)14-28(3,25)26;/h6-7,11,18H,4-5,8-10,12-14H2,1-3H3,(H2,21,22,23);1H. The molecular weight excluding hydrogens is 510 g/mol. The Kier molecular flexibility index (Phi) is 11.4. The molecule has 29 heavy (non-hydrogen) atoms. The Morgan fingerprint density at radius 2 is 2.10 bits per heavy atom. The highest BCUT2D eigenvalue weighted by molar-refractivity contribution is 14.0. The Morgan fingerprint density at radius 3 is 2.76 bits per heavy atom. The maximum Gasteiger partial charge on any atom is 0.191 e. The fourth-order valence-corrected chi connectivity index (χ4v) is 4.27. The first-order valence-electron chi connectivity index (χ1n) is 9.45. The molecule has 1 unspecified atom stereocenters. The summed E-state index contributed by atoms with van der Waals surface area (Å²) in [5.41, 5.74) is 1.20. The fourth-order valence-electron chi connectivity index (χ4n) is 3.43. The second kappa shape index (κ2) is 12.7. The average Bonchev–Trinajstić information content (AvgIpc) is 3.08. The average molecular weight is 542 g/mol. The Bertz CT molecular complexity index is 777. The number of nitrogens with one attached hydrogen (secondary N) is 2. The third kappa shape index (κ3) is 9.14. The number of hydrogen-bond donors (Lipinski definition) is 2. The van der Waals surface area contributed by atoms with Crippen molar-refractivity contribution in [2.75, 3.05) is 46.7 Å². The number of likely N-dealkylation sites (tertiary alicyclic amines) is 1. The van der Waals surface area contributed by atoms with E-state index in [0.29, 0.717) is 36.3 Å². The summed E-state index contributed by atoms with van der Waals surface area (Å²) in [4.78, 5) is 6.62. The van der Waals surface area contributed by atoms with Gasteiger partial charge in [-0.2, -0.15) is 0 Å². The lowest BCUT2D eigenvalue weighted by molar-refractivity contribution is 0.141. The molecule has 1 fully saturated rings. The van der Waals surface area contributed by atoms with E-state index in [-0.39, 0.29) is 29.7 Å². The van der Waals surface area contributed by atoms with Crippen molar-refractivity contribution in [3.8, 4) is 0 Å². The van der Waals surface area contributed by atoms with E-state index < -0.39 is 15.7 Å². The van der Waals surface area contributed by atoms with Gasteiger partial charge in [0.2, 0.25) is 0 Å². The molecule has 0 aromatic heterocycles. The lowest BCUT2D eigenvalue weighted by Crippen LogP contribution is -2.45. The number of rotatable bonds is 9. The quantitative estimate of drug-likeness (QED) is 0.281. The molecule has 1 aromatic rings. The lowest BCUT2D eigenvalue weighted by atomic mass is 10.1. The zero-order valence-electron chi connectivity index (χ0n) is 17.3. The van der Waals surface area contributed by atoms with Crippen molar-refractivity contribution in [2.45, 2.75) is 31.2 Å². The van der Waals surface area contributed by atoms with Gasteiger partial charge in [0.05, 0.1) is 12.4 Å². The van der Waals surface area contributed by atoms with Crippen LogP contribution in [0.2, 0.25) is 0 Å². The van der Waals surface area contributed by atoms with Gasteiger partial charge in [-0.25, -0.2) is 12.8 Å². The summed E-state index contributed by atoms with van der Waals surface area (Å²) in [6, 6.07) is 4.59. The number of halogens is 2. The van der Waals surface area contributed by atoms with Crippen LogP contribution in [-0.4, -0.2) is 72.0 Å². The largest absolute Gasteiger partial charge is 0.383 e. The minimum Gasteiger partial charge on any atom is -0.383 e. The summed E-state index contributed by atoms with van der Waals surface area (Å²) in [6.45, 7) is 3.74. The van der Waals surface area contributed by atoms with Crippen LogP contribution in [0.4, 0.5) is 4.39 Å². The second-order valence-electron chi connectivity index (χ2n) is 7.11. The highest BCUT2D eigenvalue weighted by Gasteiger charge is 2.24. The number of aliphatic imine (C=N–C) groups is 1. The number of hydrogen-bond acceptors (Lipinski definition) is 5. The Balaban J connectivity index is 0.00000420. The van der Waals surface area contributed by atoms with Crippen molar-refractivity contribution in [1.82, 2.24) is 15.5 Å². The van der Waals surface area contributed by atoms with Gasteiger partial charge in [0, 0.05) is 46.1 Å². The maximum absolute atomic E-state index is 13.6. The third-order valence-electron chi connectivity index (χ3n) is 4.84. The van der Waals surface area contributed by atoms with E-state index in [2.05, 4.69) is 20.5 Å². The van der Waals surface area contributed by atoms with Crippen molar-refractivity contribution < 1.29 is 17.5 Å². The van der Waals surface area contributed by atoms with Gasteiger partial charge in [-0.05, 0) is 42.6 Å². The van der Waals surface area contributed by atoms with Gasteiger partial charge in [0.15, 0.2) is 15.8 Å². The number of methoxy groups -OCH3 is 1. The molecule has 1 atom stereocenters. The molecular formula is C19H32FIN4O3S. The van der Waals surface area contributed by atoms with E-state index in [4.69, 9.17) is 4.74 Å². The molecule has 0 saturated carbocycles. The van der Waals surface area contributed by atoms with Gasteiger partial charge < -0.3 is 15.4 Å². The van der Waals surface area contributed by atoms with E-state index in [1.54, 1.807) is 14.2 Å². The van der Waals surface area contributed by atoms with Crippen molar-refractivity contribution in [3.63, 3.8) is 0 Å². The number of sulfone groups is 1. The first-order chi connectivity index (χ1) is 13.3. The zero-order chi connectivity index (χ0) is 20.6. The minimum atomic E-state index is -3.20. The predicted octanol–water partition coefficient (Wildman–Crippen LogP) is 1.76. The molecule has 166 valence electrons. The minimum absolute atomic E-state index is 0. The lowest BCUT2D eigenvalue weighted by Gasteiger charge is -2.25. The highest BCUT2D eigenvalue weighted by Crippen LogP contribution is 2.16. The monoisotopic (exact) mass is 542 g/mol. The second-order valence-corrected chi connectivity index (χ2v) is 9.25. The van der Waals surface area contributed by atoms with Crippen LogP contribution in [0.5, 0.6) is 0 Å². The van der Waals surface area contributed by atoms with Crippen molar-refractivity contribution >= 4 is 39.8 Å². The van der Waals surface area contributed by atoms with Crippen LogP contribution in [-0.2, 0) is 26.9 Å². The summed E-state index contributed by atoms with van der Waals surface area (Å²) in [6.07, 6.45) is 3.46. The van der Waals surface area contributed by atoms with Crippen LogP contribution in [0.15, 0.2) is 23.2 Å². The number of nitrogens with zero attached hydrogens (tertiary/aromatic N) is 2. The van der Waals surface area contributed by atoms with Crippen LogP contribution in [0.25, 0.3) is 0 Å². The SMILES string of the molecule is CN=C(NCc1cc(F)ccc1CS(C)(=O)=O)NCC1CCCN1CCOC.I. The van der Waals surface area contributed by atoms with Crippen LogP contribution in [0.3, 0.4) is 0 Å². The molecule has 10 heteroatoms. The van der Waals surface area contributed by atoms with Gasteiger partial charge in [0.25, 0.3) is 0 Å². The topological polar surface area (TPSA) is 83.0 Å². The molecule has 1 aromatic carbocycles. The molecule has 2 rings (SSSR count). The molecule has 7 nitrogen and oxygen atoms in total. The van der Waals surface area contributed by atoms with Crippen LogP contribution >= 0.6 is 24.0 Å². The van der Waals surface area contributed by atoms with Crippen LogP contribution in [0.1, 0.15) is 24.0 Å². The summed E-state index contributed by atoms with van der Waals surface area (Å²) in [5.74, 6) is 0.0947. The summed E-state index contributed by atoms with van der Waals surface area (Å²) in [5, 5.41) is 6.47. The van der Waals surface area contributed by atoms with Crippen LogP contribution < -0.4 is 10.6 Å². The summed E-state index contributed by atoms with van der Waals surface area (Å²) >= 11 is 0. The Morgan fingerprint density at radius 1 is 1.34 bits per heavy atom. The van der Waals surface area contributed by atoms with E-state index in [1.165, 1.54) is 30.9 Å². The summed E-state index contributed by atoms with van der Waals surface area (Å²) in [7, 11) is 0.180. The van der Waals surface area contributed by atoms with Crippen molar-refractivity contribution in [2.24, 2.45) is 4.99 Å². The molecule has 0 amide bonds. The molecule has 1 aliphatic heterocycles. The van der Waals surface area contributed by atoms with Gasteiger partial charge in [-0.1, -0.05) is 6.07 Å². The van der Waals surface area contributed by atoms with Gasteiger partial charge in [0.1, 0.15) is 5.82 Å². The number of guanidine groups is 1. The van der Waals surface area contributed by atoms with Crippen molar-refractivity contribution in [1.29, 1.82) is 0 Å².